The molecule has 2 heteroatoms. The van der Waals surface area contributed by atoms with Crippen LogP contribution >= 0.6 is 0 Å². The fraction of sp³-hybridized carbons (Fsp3) is 0. The van der Waals surface area contributed by atoms with Gasteiger partial charge in [-0.05, 0) is 99.0 Å². The molecule has 2 nitrogen and oxygen atoms in total. The molecule has 11 aromatic rings. The molecule has 0 bridgehead atoms. The molecule has 0 N–H and O–H groups in total. The van der Waals surface area contributed by atoms with Gasteiger partial charge in [0.05, 0.1) is 56.7 Å². The van der Waals surface area contributed by atoms with Crippen LogP contribution in [0, 0.1) is 0 Å². The van der Waals surface area contributed by atoms with Gasteiger partial charge in [-0.25, -0.2) is 0 Å². The average molecular weight is 816 g/mol. The number of anilines is 3. The number of rotatable bonds is 9. The zero-order chi connectivity index (χ0) is 63.0. The van der Waals surface area contributed by atoms with E-state index in [4.69, 9.17) is 16.4 Å². The molecule has 0 radical (unpaired) electrons. The van der Waals surface area contributed by atoms with Gasteiger partial charge in [0.2, 0.25) is 0 Å². The summed E-state index contributed by atoms with van der Waals surface area (Å²) in [7, 11) is 0. The minimum atomic E-state index is -1.16. The van der Waals surface area contributed by atoms with Gasteiger partial charge in [-0.1, -0.05) is 200 Å². The molecule has 62 heavy (non-hydrogen) atoms. The standard InChI is InChI=1S/C60H42N2/c1-4-16-43(17-5-1)45-28-30-49(31-29-45)54-23-10-13-25-57(54)61(51-37-32-46(33-38-51)44-18-6-2-7-19-44)52-39-34-47(35-40-52)50-36-41-60-56(42-50)55-24-12-15-27-59(55)62(60)58-26-14-11-22-53(58)48-20-8-3-9-21-48/h1-42H/i1D,2D,4D,5D,6D,7D,10D,13D,16D,17D,18D,19D,25D,28D,29D,30D,31D,32D,33D,34D,35D,37D,38D,39D,40D. The summed E-state index contributed by atoms with van der Waals surface area (Å²) < 4.78 is 229. The third kappa shape index (κ3) is 6.84. The fourth-order valence-corrected chi connectivity index (χ4v) is 7.39. The van der Waals surface area contributed by atoms with E-state index in [0.29, 0.717) is 15.8 Å². The number of hydrogen-bond donors (Lipinski definition) is 0. The number of hydrogen-bond acceptors (Lipinski definition) is 1. The van der Waals surface area contributed by atoms with E-state index in [2.05, 4.69) is 4.57 Å². The van der Waals surface area contributed by atoms with Crippen molar-refractivity contribution in [2.24, 2.45) is 0 Å². The van der Waals surface area contributed by atoms with Crippen LogP contribution in [0.1, 0.15) is 34.3 Å². The Morgan fingerprint density at radius 3 is 1.52 bits per heavy atom. The highest BCUT2D eigenvalue weighted by atomic mass is 15.1. The summed E-state index contributed by atoms with van der Waals surface area (Å²) in [6.07, 6.45) is 0. The number of fused-ring (bicyclic) bond motifs is 3. The molecule has 0 saturated heterocycles. The first kappa shape index (κ1) is 19.0. The van der Waals surface area contributed by atoms with Crippen LogP contribution in [-0.4, -0.2) is 4.57 Å². The highest BCUT2D eigenvalue weighted by Crippen LogP contribution is 2.43. The highest BCUT2D eigenvalue weighted by molar-refractivity contribution is 6.11. The fourth-order valence-electron chi connectivity index (χ4n) is 7.39. The summed E-state index contributed by atoms with van der Waals surface area (Å²) >= 11 is 0. The monoisotopic (exact) mass is 815 g/mol. The normalized spacial score (nSPS) is 16.9. The lowest BCUT2D eigenvalue weighted by Crippen LogP contribution is -2.11. The highest BCUT2D eigenvalue weighted by Gasteiger charge is 2.19. The summed E-state index contributed by atoms with van der Waals surface area (Å²) in [5.74, 6) is 0. The minimum absolute atomic E-state index is 0.167. The largest absolute Gasteiger partial charge is 0.310 e. The predicted molar refractivity (Wildman–Crippen MR) is 263 cm³/mol. The van der Waals surface area contributed by atoms with E-state index in [1.54, 1.807) is 18.2 Å². The summed E-state index contributed by atoms with van der Waals surface area (Å²) in [4.78, 5) is 0.544. The molecular formula is C60H42N2. The van der Waals surface area contributed by atoms with Crippen LogP contribution in [0.4, 0.5) is 17.1 Å². The molecule has 0 aliphatic heterocycles. The molecule has 0 spiro atoms. The van der Waals surface area contributed by atoms with Crippen molar-refractivity contribution in [2.75, 3.05) is 4.90 Å². The average Bonchev–Trinajstić information content (AvgIpc) is 1.36. The topological polar surface area (TPSA) is 8.17 Å². The van der Waals surface area contributed by atoms with Crippen LogP contribution in [0.5, 0.6) is 0 Å². The first-order valence-corrected chi connectivity index (χ1v) is 19.2. The second-order valence-electron chi connectivity index (χ2n) is 13.8. The van der Waals surface area contributed by atoms with E-state index >= 15 is 0 Å². The molecule has 1 heterocycles. The van der Waals surface area contributed by atoms with E-state index < -0.39 is 202 Å². The van der Waals surface area contributed by atoms with Crippen LogP contribution in [-0.2, 0) is 0 Å². The van der Waals surface area contributed by atoms with Gasteiger partial charge in [-0.3, -0.25) is 0 Å². The van der Waals surface area contributed by atoms with Crippen LogP contribution in [0.3, 0.4) is 0 Å². The maximum absolute atomic E-state index is 9.90. The summed E-state index contributed by atoms with van der Waals surface area (Å²) in [6, 6.07) is 7.15. The van der Waals surface area contributed by atoms with Crippen molar-refractivity contribution < 1.29 is 34.3 Å². The van der Waals surface area contributed by atoms with Crippen molar-refractivity contribution in [2.45, 2.75) is 0 Å². The van der Waals surface area contributed by atoms with Crippen molar-refractivity contribution in [3.05, 3.63) is 254 Å². The Bertz CT molecular complexity index is 4680. The molecule has 0 saturated carbocycles. The van der Waals surface area contributed by atoms with Crippen molar-refractivity contribution >= 4 is 38.9 Å². The van der Waals surface area contributed by atoms with Crippen molar-refractivity contribution in [1.29, 1.82) is 0 Å². The zero-order valence-corrected chi connectivity index (χ0v) is 32.2. The lowest BCUT2D eigenvalue weighted by Gasteiger charge is -2.28. The molecule has 0 aliphatic rings. The maximum atomic E-state index is 9.90. The van der Waals surface area contributed by atoms with Gasteiger partial charge in [-0.15, -0.1) is 0 Å². The Hall–Kier alpha value is -8.20. The second kappa shape index (κ2) is 16.1. The first-order chi connectivity index (χ1) is 41.2. The molecular weight excluding hydrogens is 749 g/mol. The Labute approximate surface area is 398 Å². The Balaban J connectivity index is 1.22. The third-order valence-corrected chi connectivity index (χ3v) is 10.2. The van der Waals surface area contributed by atoms with Crippen LogP contribution in [0.2, 0.25) is 0 Å². The second-order valence-corrected chi connectivity index (χ2v) is 13.8. The molecule has 0 atom stereocenters. The molecule has 0 fully saturated rings. The zero-order valence-electron chi connectivity index (χ0n) is 57.2. The van der Waals surface area contributed by atoms with Crippen LogP contribution in [0.25, 0.3) is 83.1 Å². The van der Waals surface area contributed by atoms with Crippen LogP contribution < -0.4 is 4.90 Å². The molecule has 11 rings (SSSR count). The van der Waals surface area contributed by atoms with E-state index in [9.17, 15) is 17.8 Å². The molecule has 0 amide bonds. The molecule has 0 aliphatic carbocycles. The van der Waals surface area contributed by atoms with Crippen molar-refractivity contribution in [3.8, 4) is 61.3 Å². The van der Waals surface area contributed by atoms with Gasteiger partial charge in [0, 0.05) is 33.3 Å². The number of para-hydroxylation sites is 3. The maximum Gasteiger partial charge on any atom is 0.0645 e. The SMILES string of the molecule is [2H]c1cc(-c2c([2H])c([2H])c(-c3c([2H])c([2H])c([2H])c([2H])c3[2H])c([2H])c2[2H])c(N(c2c([2H])c([2H])c(-c3ccc4c(c3)c3ccccc3n4-c3ccccc3-c3ccccc3)c([2H])c2[2H])c2c([2H])c([2H])c(-c3c([2H])c([2H])c([2H])c([2H])c3[2H])c([2H])c2[2H])c([2H])c1[2H]. The molecule has 10 aromatic carbocycles. The first-order valence-electron chi connectivity index (χ1n) is 31.7. The Morgan fingerprint density at radius 1 is 0.323 bits per heavy atom. The quantitative estimate of drug-likeness (QED) is 0.141. The number of benzene rings is 10. The van der Waals surface area contributed by atoms with E-state index in [-0.39, 0.29) is 11.1 Å². The number of nitrogens with zero attached hydrogens (tertiary/aromatic N) is 2. The van der Waals surface area contributed by atoms with E-state index in [1.807, 2.05) is 78.9 Å². The lowest BCUT2D eigenvalue weighted by molar-refractivity contribution is 1.18. The van der Waals surface area contributed by atoms with E-state index in [1.165, 1.54) is 0 Å². The van der Waals surface area contributed by atoms with Crippen LogP contribution in [0.15, 0.2) is 254 Å². The Kier molecular flexibility index (Phi) is 4.94. The van der Waals surface area contributed by atoms with Gasteiger partial charge in [0.15, 0.2) is 0 Å². The molecule has 1 aromatic heterocycles. The van der Waals surface area contributed by atoms with Crippen molar-refractivity contribution in [3.63, 3.8) is 0 Å². The van der Waals surface area contributed by atoms with Gasteiger partial charge < -0.3 is 9.47 Å². The molecule has 0 unspecified atom stereocenters. The van der Waals surface area contributed by atoms with Crippen molar-refractivity contribution in [1.82, 2.24) is 4.57 Å². The molecule has 292 valence electrons. The Morgan fingerprint density at radius 2 is 0.839 bits per heavy atom. The van der Waals surface area contributed by atoms with Gasteiger partial charge in [0.25, 0.3) is 0 Å². The predicted octanol–water partition coefficient (Wildman–Crippen LogP) is 16.6. The third-order valence-electron chi connectivity index (χ3n) is 10.2. The smallest absolute Gasteiger partial charge is 0.0645 e. The summed E-state index contributed by atoms with van der Waals surface area (Å²) in [5.41, 5.74) is -3.44. The lowest BCUT2D eigenvalue weighted by atomic mass is 9.98. The van der Waals surface area contributed by atoms with Gasteiger partial charge in [-0.2, -0.15) is 0 Å². The minimum Gasteiger partial charge on any atom is -0.310 e. The number of aromatic nitrogens is 1. The van der Waals surface area contributed by atoms with Gasteiger partial charge >= 0.3 is 0 Å². The summed E-state index contributed by atoms with van der Waals surface area (Å²) in [5, 5.41) is 1.39. The summed E-state index contributed by atoms with van der Waals surface area (Å²) in [6.45, 7) is 0. The van der Waals surface area contributed by atoms with Gasteiger partial charge in [0.1, 0.15) is 0 Å². The van der Waals surface area contributed by atoms with E-state index in [0.717, 1.165) is 33.8 Å².